The number of rotatable bonds is 6. The maximum Gasteiger partial charge on any atom is 0.166 e. The summed E-state index contributed by atoms with van der Waals surface area (Å²) in [5, 5.41) is 0. The molecule has 2 heteroatoms. The first-order valence-electron chi connectivity index (χ1n) is 5.96. The van der Waals surface area contributed by atoms with E-state index in [0.717, 1.165) is 18.4 Å². The van der Waals surface area contributed by atoms with Crippen molar-refractivity contribution in [2.75, 3.05) is 0 Å². The molecule has 0 bridgehead atoms. The molecule has 0 spiro atoms. The van der Waals surface area contributed by atoms with Gasteiger partial charge in [0.2, 0.25) is 0 Å². The highest BCUT2D eigenvalue weighted by Gasteiger charge is 2.13. The molecule has 0 amide bonds. The normalized spacial score (nSPS) is 11.3. The Morgan fingerprint density at radius 3 is 2.35 bits per heavy atom. The third kappa shape index (κ3) is 4.35. The lowest BCUT2D eigenvalue weighted by Gasteiger charge is -2.02. The first-order valence-corrected chi connectivity index (χ1v) is 5.96. The van der Waals surface area contributed by atoms with Crippen molar-refractivity contribution in [1.82, 2.24) is 0 Å². The molecular weight excluding hydrogens is 212 g/mol. The number of unbranched alkanes of at least 4 members (excludes halogenated alkanes) is 1. The summed E-state index contributed by atoms with van der Waals surface area (Å²) in [6.07, 6.45) is 3.93. The highest BCUT2D eigenvalue weighted by Crippen LogP contribution is 2.11. The smallest absolute Gasteiger partial charge is 0.166 e. The molecule has 0 unspecified atom stereocenters. The van der Waals surface area contributed by atoms with E-state index in [1.807, 2.05) is 37.3 Å². The molecular formula is C15H18O2. The predicted molar refractivity (Wildman–Crippen MR) is 69.6 cm³/mol. The van der Waals surface area contributed by atoms with E-state index in [2.05, 4.69) is 0 Å². The SMILES string of the molecule is CCCCC(=O)C(=Cc1ccccc1)C(C)=O. The van der Waals surface area contributed by atoms with Crippen LogP contribution in [0.3, 0.4) is 0 Å². The molecule has 1 rings (SSSR count). The third-order valence-corrected chi connectivity index (χ3v) is 2.55. The monoisotopic (exact) mass is 230 g/mol. The average Bonchev–Trinajstić information content (AvgIpc) is 2.34. The Hall–Kier alpha value is -1.70. The van der Waals surface area contributed by atoms with Crippen LogP contribution in [0, 0.1) is 0 Å². The van der Waals surface area contributed by atoms with Gasteiger partial charge in [-0.3, -0.25) is 9.59 Å². The first-order chi connectivity index (χ1) is 8.15. The number of hydrogen-bond acceptors (Lipinski definition) is 2. The Labute approximate surface area is 102 Å². The van der Waals surface area contributed by atoms with E-state index in [9.17, 15) is 9.59 Å². The summed E-state index contributed by atoms with van der Waals surface area (Å²) in [5.74, 6) is -0.210. The van der Waals surface area contributed by atoms with Crippen molar-refractivity contribution in [2.45, 2.75) is 33.1 Å². The lowest BCUT2D eigenvalue weighted by atomic mass is 10.00. The van der Waals surface area contributed by atoms with E-state index in [-0.39, 0.29) is 11.6 Å². The van der Waals surface area contributed by atoms with Crippen LogP contribution in [0.4, 0.5) is 0 Å². The molecule has 0 aromatic heterocycles. The minimum atomic E-state index is -0.157. The Kier molecular flexibility index (Phi) is 5.34. The van der Waals surface area contributed by atoms with Gasteiger partial charge in [0.05, 0.1) is 5.57 Å². The van der Waals surface area contributed by atoms with Crippen molar-refractivity contribution >= 4 is 17.6 Å². The van der Waals surface area contributed by atoms with Crippen LogP contribution in [-0.4, -0.2) is 11.6 Å². The Morgan fingerprint density at radius 2 is 1.82 bits per heavy atom. The van der Waals surface area contributed by atoms with Gasteiger partial charge in [0.1, 0.15) is 0 Å². The van der Waals surface area contributed by atoms with Crippen molar-refractivity contribution in [3.63, 3.8) is 0 Å². The minimum Gasteiger partial charge on any atom is -0.294 e. The van der Waals surface area contributed by atoms with E-state index in [1.165, 1.54) is 6.92 Å². The number of allylic oxidation sites excluding steroid dienone is 1. The van der Waals surface area contributed by atoms with Crippen molar-refractivity contribution in [1.29, 1.82) is 0 Å². The zero-order valence-corrected chi connectivity index (χ0v) is 10.4. The maximum absolute atomic E-state index is 11.9. The number of benzene rings is 1. The van der Waals surface area contributed by atoms with Crippen molar-refractivity contribution < 1.29 is 9.59 Å². The Bertz CT molecular complexity index is 416. The van der Waals surface area contributed by atoms with Gasteiger partial charge in [0.15, 0.2) is 11.6 Å². The predicted octanol–water partition coefficient (Wildman–Crippen LogP) is 3.42. The summed E-state index contributed by atoms with van der Waals surface area (Å²) in [7, 11) is 0. The van der Waals surface area contributed by atoms with Gasteiger partial charge in [0.25, 0.3) is 0 Å². The van der Waals surface area contributed by atoms with Gasteiger partial charge in [0, 0.05) is 6.42 Å². The molecule has 1 aromatic carbocycles. The zero-order valence-electron chi connectivity index (χ0n) is 10.4. The molecule has 0 aliphatic heterocycles. The quantitative estimate of drug-likeness (QED) is 0.426. The van der Waals surface area contributed by atoms with Crippen LogP contribution in [0.15, 0.2) is 35.9 Å². The maximum atomic E-state index is 11.9. The van der Waals surface area contributed by atoms with Gasteiger partial charge in [-0.2, -0.15) is 0 Å². The summed E-state index contributed by atoms with van der Waals surface area (Å²) in [6, 6.07) is 9.45. The fraction of sp³-hybridized carbons (Fsp3) is 0.333. The number of hydrogen-bond donors (Lipinski definition) is 0. The molecule has 0 radical (unpaired) electrons. The first kappa shape index (κ1) is 13.4. The third-order valence-electron chi connectivity index (χ3n) is 2.55. The molecule has 0 fully saturated rings. The standard InChI is InChI=1S/C15H18O2/c1-3-4-10-15(17)14(12(2)16)11-13-8-6-5-7-9-13/h5-9,11H,3-4,10H2,1-2H3. The Balaban J connectivity index is 2.90. The lowest BCUT2D eigenvalue weighted by Crippen LogP contribution is -2.09. The highest BCUT2D eigenvalue weighted by molar-refractivity contribution is 6.22. The largest absolute Gasteiger partial charge is 0.294 e. The van der Waals surface area contributed by atoms with Crippen LogP contribution >= 0.6 is 0 Å². The molecule has 0 saturated heterocycles. The molecule has 0 saturated carbocycles. The molecule has 17 heavy (non-hydrogen) atoms. The van der Waals surface area contributed by atoms with Crippen LogP contribution < -0.4 is 0 Å². The lowest BCUT2D eigenvalue weighted by molar-refractivity contribution is -0.120. The molecule has 0 aliphatic carbocycles. The fourth-order valence-corrected chi connectivity index (χ4v) is 1.57. The molecule has 0 N–H and O–H groups in total. The Morgan fingerprint density at radius 1 is 1.18 bits per heavy atom. The topological polar surface area (TPSA) is 34.1 Å². The van der Waals surface area contributed by atoms with Gasteiger partial charge >= 0.3 is 0 Å². The fourth-order valence-electron chi connectivity index (χ4n) is 1.57. The number of ketones is 2. The molecule has 0 atom stereocenters. The molecule has 1 aromatic rings. The van der Waals surface area contributed by atoms with Crippen LogP contribution in [0.25, 0.3) is 6.08 Å². The second-order valence-corrected chi connectivity index (χ2v) is 4.05. The number of carbonyl (C=O) groups excluding carboxylic acids is 2. The second-order valence-electron chi connectivity index (χ2n) is 4.05. The minimum absolute atomic E-state index is 0.0526. The van der Waals surface area contributed by atoms with Crippen molar-refractivity contribution in [2.24, 2.45) is 0 Å². The molecule has 90 valence electrons. The van der Waals surface area contributed by atoms with Crippen LogP contribution in [0.2, 0.25) is 0 Å². The van der Waals surface area contributed by atoms with E-state index in [1.54, 1.807) is 6.08 Å². The van der Waals surface area contributed by atoms with Crippen LogP contribution in [0.1, 0.15) is 38.7 Å². The summed E-state index contributed by atoms with van der Waals surface area (Å²) >= 11 is 0. The van der Waals surface area contributed by atoms with E-state index in [4.69, 9.17) is 0 Å². The van der Waals surface area contributed by atoms with E-state index >= 15 is 0 Å². The molecule has 0 aliphatic rings. The summed E-state index contributed by atoms with van der Waals surface area (Å²) in [6.45, 7) is 3.47. The highest BCUT2D eigenvalue weighted by atomic mass is 16.1. The molecule has 0 heterocycles. The summed E-state index contributed by atoms with van der Waals surface area (Å²) < 4.78 is 0. The van der Waals surface area contributed by atoms with Gasteiger partial charge in [-0.1, -0.05) is 43.7 Å². The van der Waals surface area contributed by atoms with Gasteiger partial charge in [-0.25, -0.2) is 0 Å². The van der Waals surface area contributed by atoms with Crippen molar-refractivity contribution in [3.8, 4) is 0 Å². The second kappa shape index (κ2) is 6.79. The summed E-state index contributed by atoms with van der Waals surface area (Å²) in [5.41, 5.74) is 1.20. The van der Waals surface area contributed by atoms with E-state index < -0.39 is 0 Å². The van der Waals surface area contributed by atoms with Crippen LogP contribution in [0.5, 0.6) is 0 Å². The van der Waals surface area contributed by atoms with Crippen molar-refractivity contribution in [3.05, 3.63) is 41.5 Å². The van der Waals surface area contributed by atoms with Crippen LogP contribution in [-0.2, 0) is 9.59 Å². The van der Waals surface area contributed by atoms with Gasteiger partial charge in [-0.15, -0.1) is 0 Å². The van der Waals surface area contributed by atoms with Gasteiger partial charge in [-0.05, 0) is 25.0 Å². The van der Waals surface area contributed by atoms with Gasteiger partial charge < -0.3 is 0 Å². The zero-order chi connectivity index (χ0) is 12.7. The number of carbonyl (C=O) groups is 2. The van der Waals surface area contributed by atoms with E-state index in [0.29, 0.717) is 12.0 Å². The summed E-state index contributed by atoms with van der Waals surface area (Å²) in [4.78, 5) is 23.3. The molecule has 2 nitrogen and oxygen atoms in total. The number of Topliss-reactive ketones (excluding diaryl/α,β-unsaturated/α-hetero) is 2. The average molecular weight is 230 g/mol.